The van der Waals surface area contributed by atoms with Crippen molar-refractivity contribution >= 4 is 32.6 Å². The van der Waals surface area contributed by atoms with Gasteiger partial charge in [-0.05, 0) is 30.3 Å². The van der Waals surface area contributed by atoms with Crippen LogP contribution in [0.15, 0.2) is 55.1 Å². The molecule has 5 nitrogen and oxygen atoms in total. The lowest BCUT2D eigenvalue weighted by molar-refractivity contribution is 0.102. The number of nitrogens with zero attached hydrogens (tertiary/aromatic N) is 1. The van der Waals surface area contributed by atoms with E-state index in [4.69, 9.17) is 9.47 Å². The highest BCUT2D eigenvalue weighted by Gasteiger charge is 2.13. The van der Waals surface area contributed by atoms with Gasteiger partial charge in [-0.25, -0.2) is 4.98 Å². The Morgan fingerprint density at radius 3 is 2.88 bits per heavy atom. The number of carbonyl (C=O) groups is 1. The highest BCUT2D eigenvalue weighted by atomic mass is 32.1. The van der Waals surface area contributed by atoms with E-state index >= 15 is 0 Å². The Balaban J connectivity index is 1.80. The zero-order chi connectivity index (χ0) is 16.9. The van der Waals surface area contributed by atoms with Gasteiger partial charge in [0.1, 0.15) is 6.61 Å². The summed E-state index contributed by atoms with van der Waals surface area (Å²) in [7, 11) is 1.53. The third-order valence-corrected chi connectivity index (χ3v) is 4.25. The minimum atomic E-state index is -0.248. The predicted octanol–water partition coefficient (Wildman–Crippen LogP) is 4.12. The van der Waals surface area contributed by atoms with Crippen molar-refractivity contribution in [2.75, 3.05) is 19.0 Å². The standard InChI is InChI=1S/C18H16N2O3S/c1-3-10-23-14-9-8-12(11-15(14)22-2)17(21)20-18-19-13-6-4-5-7-16(13)24-18/h3-9,11H,1,10H2,2H3,(H,19,20,21). The summed E-state index contributed by atoms with van der Waals surface area (Å²) < 4.78 is 11.8. The molecule has 0 bridgehead atoms. The fourth-order valence-corrected chi connectivity index (χ4v) is 3.03. The number of hydrogen-bond acceptors (Lipinski definition) is 5. The Bertz CT molecular complexity index is 856. The van der Waals surface area contributed by atoms with Crippen molar-refractivity contribution in [1.29, 1.82) is 0 Å². The molecule has 0 aliphatic heterocycles. The summed E-state index contributed by atoms with van der Waals surface area (Å²) in [5, 5.41) is 3.38. The second-order valence-corrected chi connectivity index (χ2v) is 5.94. The van der Waals surface area contributed by atoms with E-state index in [0.717, 1.165) is 10.2 Å². The fourth-order valence-electron chi connectivity index (χ4n) is 2.17. The molecule has 3 aromatic rings. The molecule has 6 heteroatoms. The van der Waals surface area contributed by atoms with E-state index in [9.17, 15) is 4.79 Å². The van der Waals surface area contributed by atoms with Gasteiger partial charge in [0.2, 0.25) is 0 Å². The maximum atomic E-state index is 12.4. The zero-order valence-electron chi connectivity index (χ0n) is 13.1. The van der Waals surface area contributed by atoms with Crippen LogP contribution in [0.3, 0.4) is 0 Å². The molecule has 0 unspecified atom stereocenters. The average Bonchev–Trinajstić information content (AvgIpc) is 3.01. The maximum Gasteiger partial charge on any atom is 0.257 e. The lowest BCUT2D eigenvalue weighted by atomic mass is 10.2. The number of rotatable bonds is 6. The molecule has 1 heterocycles. The van der Waals surface area contributed by atoms with Gasteiger partial charge < -0.3 is 9.47 Å². The van der Waals surface area contributed by atoms with E-state index in [1.54, 1.807) is 24.3 Å². The molecule has 0 fully saturated rings. The molecular formula is C18H16N2O3S. The molecule has 3 rings (SSSR count). The minimum absolute atomic E-state index is 0.248. The summed E-state index contributed by atoms with van der Waals surface area (Å²) in [5.74, 6) is 0.811. The molecule has 1 amide bonds. The summed E-state index contributed by atoms with van der Waals surface area (Å²) in [5.41, 5.74) is 1.33. The Kier molecular flexibility index (Phi) is 4.77. The molecule has 122 valence electrons. The highest BCUT2D eigenvalue weighted by molar-refractivity contribution is 7.22. The lowest BCUT2D eigenvalue weighted by Gasteiger charge is -2.10. The van der Waals surface area contributed by atoms with Gasteiger partial charge in [-0.3, -0.25) is 10.1 Å². The highest BCUT2D eigenvalue weighted by Crippen LogP contribution is 2.29. The largest absolute Gasteiger partial charge is 0.493 e. The molecule has 2 aromatic carbocycles. The quantitative estimate of drug-likeness (QED) is 0.686. The van der Waals surface area contributed by atoms with Crippen LogP contribution in [-0.4, -0.2) is 24.6 Å². The van der Waals surface area contributed by atoms with Gasteiger partial charge in [-0.15, -0.1) is 0 Å². The minimum Gasteiger partial charge on any atom is -0.493 e. The van der Waals surface area contributed by atoms with Gasteiger partial charge in [0.25, 0.3) is 5.91 Å². The number of benzene rings is 2. The predicted molar refractivity (Wildman–Crippen MR) is 96.3 cm³/mol. The van der Waals surface area contributed by atoms with Crippen LogP contribution in [0.2, 0.25) is 0 Å². The van der Waals surface area contributed by atoms with Crippen LogP contribution < -0.4 is 14.8 Å². The van der Waals surface area contributed by atoms with Crippen LogP contribution in [0.5, 0.6) is 11.5 Å². The van der Waals surface area contributed by atoms with E-state index < -0.39 is 0 Å². The molecular weight excluding hydrogens is 324 g/mol. The molecule has 0 aliphatic carbocycles. The number of anilines is 1. The molecule has 1 aromatic heterocycles. The Labute approximate surface area is 143 Å². The van der Waals surface area contributed by atoms with Crippen molar-refractivity contribution in [2.45, 2.75) is 0 Å². The monoisotopic (exact) mass is 340 g/mol. The van der Waals surface area contributed by atoms with Crippen molar-refractivity contribution in [3.8, 4) is 11.5 Å². The number of aromatic nitrogens is 1. The number of fused-ring (bicyclic) bond motifs is 1. The normalized spacial score (nSPS) is 10.4. The van der Waals surface area contributed by atoms with E-state index in [-0.39, 0.29) is 5.91 Å². The number of carbonyl (C=O) groups excluding carboxylic acids is 1. The third kappa shape index (κ3) is 3.38. The first-order chi connectivity index (χ1) is 11.7. The number of ether oxygens (including phenoxy) is 2. The molecule has 0 aliphatic rings. The van der Waals surface area contributed by atoms with Crippen molar-refractivity contribution in [2.24, 2.45) is 0 Å². The van der Waals surface area contributed by atoms with Gasteiger partial charge >= 0.3 is 0 Å². The van der Waals surface area contributed by atoms with Gasteiger partial charge in [-0.1, -0.05) is 36.1 Å². The summed E-state index contributed by atoms with van der Waals surface area (Å²) in [4.78, 5) is 16.8. The van der Waals surface area contributed by atoms with Gasteiger partial charge in [0, 0.05) is 5.56 Å². The first-order valence-corrected chi connectivity index (χ1v) is 8.11. The van der Waals surface area contributed by atoms with E-state index in [1.165, 1.54) is 18.4 Å². The SMILES string of the molecule is C=CCOc1ccc(C(=O)Nc2nc3ccccc3s2)cc1OC. The number of hydrogen-bond donors (Lipinski definition) is 1. The topological polar surface area (TPSA) is 60.5 Å². The molecule has 0 radical (unpaired) electrons. The van der Waals surface area contributed by atoms with Crippen LogP contribution in [0.1, 0.15) is 10.4 Å². The van der Waals surface area contributed by atoms with Crippen molar-refractivity contribution in [3.63, 3.8) is 0 Å². The molecule has 24 heavy (non-hydrogen) atoms. The van der Waals surface area contributed by atoms with Gasteiger partial charge in [0.15, 0.2) is 16.6 Å². The van der Waals surface area contributed by atoms with E-state index in [1.807, 2.05) is 24.3 Å². The summed E-state index contributed by atoms with van der Waals surface area (Å²) in [6, 6.07) is 12.8. The molecule has 0 spiro atoms. The number of amides is 1. The first kappa shape index (κ1) is 16.0. The van der Waals surface area contributed by atoms with E-state index in [2.05, 4.69) is 16.9 Å². The van der Waals surface area contributed by atoms with Crippen LogP contribution in [0, 0.1) is 0 Å². The molecule has 0 saturated heterocycles. The van der Waals surface area contributed by atoms with Crippen molar-refractivity contribution in [1.82, 2.24) is 4.98 Å². The number of thiazole rings is 1. The Hall–Kier alpha value is -2.86. The third-order valence-electron chi connectivity index (χ3n) is 3.30. The average molecular weight is 340 g/mol. The molecule has 1 N–H and O–H groups in total. The summed E-state index contributed by atoms with van der Waals surface area (Å²) in [6.45, 7) is 3.97. The number of para-hydroxylation sites is 1. The Morgan fingerprint density at radius 2 is 2.12 bits per heavy atom. The van der Waals surface area contributed by atoms with Gasteiger partial charge in [-0.2, -0.15) is 0 Å². The molecule has 0 atom stereocenters. The number of nitrogens with one attached hydrogen (secondary N) is 1. The van der Waals surface area contributed by atoms with Crippen LogP contribution in [-0.2, 0) is 0 Å². The smallest absolute Gasteiger partial charge is 0.257 e. The van der Waals surface area contributed by atoms with Crippen LogP contribution in [0.4, 0.5) is 5.13 Å². The summed E-state index contributed by atoms with van der Waals surface area (Å²) >= 11 is 1.43. The zero-order valence-corrected chi connectivity index (χ0v) is 13.9. The van der Waals surface area contributed by atoms with Crippen molar-refractivity contribution < 1.29 is 14.3 Å². The molecule has 0 saturated carbocycles. The Morgan fingerprint density at radius 1 is 1.29 bits per heavy atom. The van der Waals surface area contributed by atoms with Crippen LogP contribution >= 0.6 is 11.3 Å². The van der Waals surface area contributed by atoms with E-state index in [0.29, 0.717) is 28.8 Å². The van der Waals surface area contributed by atoms with Gasteiger partial charge in [0.05, 0.1) is 17.3 Å². The maximum absolute atomic E-state index is 12.4. The second-order valence-electron chi connectivity index (χ2n) is 4.91. The second kappa shape index (κ2) is 7.14. The fraction of sp³-hybridized carbons (Fsp3) is 0.111. The number of methoxy groups -OCH3 is 1. The van der Waals surface area contributed by atoms with Crippen molar-refractivity contribution in [3.05, 3.63) is 60.7 Å². The van der Waals surface area contributed by atoms with Crippen LogP contribution in [0.25, 0.3) is 10.2 Å². The first-order valence-electron chi connectivity index (χ1n) is 7.30. The lowest BCUT2D eigenvalue weighted by Crippen LogP contribution is -2.12. The summed E-state index contributed by atoms with van der Waals surface area (Å²) in [6.07, 6.45) is 1.65.